The van der Waals surface area contributed by atoms with Crippen molar-refractivity contribution in [3.05, 3.63) is 51.3 Å². The summed E-state index contributed by atoms with van der Waals surface area (Å²) in [5.41, 5.74) is 2.18. The van der Waals surface area contributed by atoms with Crippen molar-refractivity contribution in [2.24, 2.45) is 5.92 Å². The molecule has 0 saturated heterocycles. The first-order chi connectivity index (χ1) is 14.3. The largest absolute Gasteiger partial charge is 0.481 e. The molecule has 0 bridgehead atoms. The van der Waals surface area contributed by atoms with Crippen molar-refractivity contribution in [1.29, 1.82) is 0 Å². The number of alkyl halides is 3. The summed E-state index contributed by atoms with van der Waals surface area (Å²) in [5.74, 6) is -1.07. The molecule has 4 rings (SSSR count). The second-order valence-electron chi connectivity index (χ2n) is 8.31. The van der Waals surface area contributed by atoms with Gasteiger partial charge in [0.2, 0.25) is 0 Å². The summed E-state index contributed by atoms with van der Waals surface area (Å²) < 4.78 is 42.6. The molecule has 0 atom stereocenters. The Balaban J connectivity index is 1.67. The molecule has 1 saturated carbocycles. The highest BCUT2D eigenvalue weighted by atomic mass is 35.5. The van der Waals surface area contributed by atoms with Crippen LogP contribution in [0.5, 0.6) is 0 Å². The fourth-order valence-electron chi connectivity index (χ4n) is 4.89. The lowest BCUT2D eigenvalue weighted by Crippen LogP contribution is -2.25. The molecule has 4 nitrogen and oxygen atoms in total. The lowest BCUT2D eigenvalue weighted by Gasteiger charge is -2.28. The molecule has 2 aliphatic rings. The highest BCUT2D eigenvalue weighted by Crippen LogP contribution is 2.39. The van der Waals surface area contributed by atoms with Crippen molar-refractivity contribution in [2.45, 2.75) is 70.0 Å². The summed E-state index contributed by atoms with van der Waals surface area (Å²) in [6.45, 7) is 0. The van der Waals surface area contributed by atoms with E-state index in [1.54, 1.807) is 0 Å². The number of hydrogen-bond donors (Lipinski definition) is 1. The van der Waals surface area contributed by atoms with E-state index in [4.69, 9.17) is 16.7 Å². The van der Waals surface area contributed by atoms with Gasteiger partial charge in [-0.25, -0.2) is 0 Å². The van der Waals surface area contributed by atoms with E-state index in [0.717, 1.165) is 55.8 Å². The van der Waals surface area contributed by atoms with Crippen LogP contribution in [0.3, 0.4) is 0 Å². The number of rotatable bonds is 4. The van der Waals surface area contributed by atoms with Crippen LogP contribution in [0.25, 0.3) is 0 Å². The molecule has 0 aliphatic heterocycles. The first-order valence-corrected chi connectivity index (χ1v) is 10.8. The summed E-state index contributed by atoms with van der Waals surface area (Å²) in [6.07, 6.45) is 1.92. The van der Waals surface area contributed by atoms with Crippen LogP contribution in [0.15, 0.2) is 18.2 Å². The summed E-state index contributed by atoms with van der Waals surface area (Å²) >= 11 is 6.18. The number of carboxylic acid groups (broad SMARTS) is 1. The van der Waals surface area contributed by atoms with Gasteiger partial charge in [-0.1, -0.05) is 17.7 Å². The van der Waals surface area contributed by atoms with Gasteiger partial charge in [-0.2, -0.15) is 18.3 Å². The molecule has 0 spiro atoms. The summed E-state index contributed by atoms with van der Waals surface area (Å²) in [4.78, 5) is 11.3. The zero-order chi connectivity index (χ0) is 21.5. The summed E-state index contributed by atoms with van der Waals surface area (Å²) in [7, 11) is 0. The monoisotopic (exact) mass is 440 g/mol. The van der Waals surface area contributed by atoms with Crippen LogP contribution >= 0.6 is 11.6 Å². The number of hydrogen-bond acceptors (Lipinski definition) is 2. The number of nitrogens with zero attached hydrogens (tertiary/aromatic N) is 2. The maximum Gasteiger partial charge on any atom is 0.416 e. The van der Waals surface area contributed by atoms with E-state index < -0.39 is 17.7 Å². The molecule has 2 aliphatic carbocycles. The lowest BCUT2D eigenvalue weighted by molar-refractivity contribution is -0.143. The average Bonchev–Trinajstić information content (AvgIpc) is 3.07. The Kier molecular flexibility index (Phi) is 5.84. The van der Waals surface area contributed by atoms with Gasteiger partial charge in [0.05, 0.1) is 23.2 Å². The Morgan fingerprint density at radius 1 is 1.17 bits per heavy atom. The Morgan fingerprint density at radius 3 is 2.53 bits per heavy atom. The van der Waals surface area contributed by atoms with Crippen LogP contribution in [-0.4, -0.2) is 20.9 Å². The second-order valence-corrected chi connectivity index (χ2v) is 8.71. The Morgan fingerprint density at radius 2 is 1.87 bits per heavy atom. The number of carbonyl (C=O) groups is 1. The van der Waals surface area contributed by atoms with Gasteiger partial charge in [-0.05, 0) is 74.6 Å². The van der Waals surface area contributed by atoms with Gasteiger partial charge in [0, 0.05) is 17.1 Å². The van der Waals surface area contributed by atoms with Crippen LogP contribution in [0.2, 0.25) is 5.02 Å². The molecule has 162 valence electrons. The molecule has 1 fully saturated rings. The molecule has 1 heterocycles. The summed E-state index contributed by atoms with van der Waals surface area (Å²) in [5, 5.41) is 14.1. The van der Waals surface area contributed by atoms with Gasteiger partial charge in [-0.15, -0.1) is 0 Å². The van der Waals surface area contributed by atoms with Crippen LogP contribution < -0.4 is 0 Å². The van der Waals surface area contributed by atoms with Crippen LogP contribution in [-0.2, 0) is 30.2 Å². The van der Waals surface area contributed by atoms with Gasteiger partial charge >= 0.3 is 12.1 Å². The molecule has 2 aromatic rings. The predicted molar refractivity (Wildman–Crippen MR) is 107 cm³/mol. The normalized spacial score (nSPS) is 22.0. The van der Waals surface area contributed by atoms with E-state index >= 15 is 0 Å². The van der Waals surface area contributed by atoms with E-state index in [1.807, 2.05) is 4.68 Å². The molecule has 8 heteroatoms. The van der Waals surface area contributed by atoms with E-state index in [0.29, 0.717) is 18.5 Å². The SMILES string of the molecule is O=C(O)C1CCC(n2nc(Cc3c(Cl)cccc3C(F)(F)F)c3c2CCCC3)CC1. The first kappa shape index (κ1) is 21.2. The van der Waals surface area contributed by atoms with Gasteiger partial charge in [0.25, 0.3) is 0 Å². The molecular weight excluding hydrogens is 417 g/mol. The van der Waals surface area contributed by atoms with Crippen molar-refractivity contribution < 1.29 is 23.1 Å². The molecule has 0 unspecified atom stereocenters. The highest BCUT2D eigenvalue weighted by molar-refractivity contribution is 6.31. The number of benzene rings is 1. The third kappa shape index (κ3) is 4.09. The van der Waals surface area contributed by atoms with Crippen molar-refractivity contribution >= 4 is 17.6 Å². The molecule has 0 radical (unpaired) electrons. The standard InChI is InChI=1S/C22H24ClF3N2O2/c23-18-6-3-5-17(22(24,25)26)16(18)12-19-15-4-1-2-7-20(15)28(27-19)14-10-8-13(9-11-14)21(29)30/h3,5-6,13-14H,1-2,4,7-12H2,(H,29,30). The van der Waals surface area contributed by atoms with Gasteiger partial charge in [0.15, 0.2) is 0 Å². The minimum Gasteiger partial charge on any atom is -0.481 e. The first-order valence-electron chi connectivity index (χ1n) is 10.4. The lowest BCUT2D eigenvalue weighted by atomic mass is 9.85. The zero-order valence-electron chi connectivity index (χ0n) is 16.5. The van der Waals surface area contributed by atoms with Crippen LogP contribution in [0.1, 0.15) is 72.6 Å². The summed E-state index contributed by atoms with van der Waals surface area (Å²) in [6, 6.07) is 3.99. The van der Waals surface area contributed by atoms with Crippen molar-refractivity contribution in [3.8, 4) is 0 Å². The Labute approximate surface area is 178 Å². The van der Waals surface area contributed by atoms with E-state index in [-0.39, 0.29) is 29.0 Å². The van der Waals surface area contributed by atoms with E-state index in [2.05, 4.69) is 0 Å². The second kappa shape index (κ2) is 8.25. The molecule has 0 amide bonds. The molecular formula is C22H24ClF3N2O2. The number of aromatic nitrogens is 2. The predicted octanol–water partition coefficient (Wildman–Crippen LogP) is 5.84. The van der Waals surface area contributed by atoms with Crippen LogP contribution in [0, 0.1) is 5.92 Å². The average molecular weight is 441 g/mol. The third-order valence-corrected chi connectivity index (χ3v) is 6.81. The Hall–Kier alpha value is -2.02. The van der Waals surface area contributed by atoms with Crippen molar-refractivity contribution in [1.82, 2.24) is 9.78 Å². The maximum atomic E-state index is 13.5. The van der Waals surface area contributed by atoms with Gasteiger partial charge < -0.3 is 5.11 Å². The quantitative estimate of drug-likeness (QED) is 0.649. The number of halogens is 4. The minimum absolute atomic E-state index is 0.0499. The number of fused-ring (bicyclic) bond motifs is 1. The smallest absolute Gasteiger partial charge is 0.416 e. The fraction of sp³-hybridized carbons (Fsp3) is 0.545. The topological polar surface area (TPSA) is 55.1 Å². The fourth-order valence-corrected chi connectivity index (χ4v) is 5.13. The van der Waals surface area contributed by atoms with E-state index in [1.165, 1.54) is 12.1 Å². The minimum atomic E-state index is -4.47. The van der Waals surface area contributed by atoms with Crippen molar-refractivity contribution in [2.75, 3.05) is 0 Å². The molecule has 1 N–H and O–H groups in total. The van der Waals surface area contributed by atoms with Gasteiger partial charge in [-0.3, -0.25) is 9.48 Å². The van der Waals surface area contributed by atoms with Crippen molar-refractivity contribution in [3.63, 3.8) is 0 Å². The molecule has 30 heavy (non-hydrogen) atoms. The maximum absolute atomic E-state index is 13.5. The van der Waals surface area contributed by atoms with Gasteiger partial charge in [0.1, 0.15) is 0 Å². The zero-order valence-corrected chi connectivity index (χ0v) is 17.3. The Bertz CT molecular complexity index is 947. The number of carboxylic acids is 1. The number of aliphatic carboxylic acids is 1. The molecule has 1 aromatic carbocycles. The third-order valence-electron chi connectivity index (χ3n) is 6.45. The van der Waals surface area contributed by atoms with Crippen LogP contribution in [0.4, 0.5) is 13.2 Å². The highest BCUT2D eigenvalue weighted by Gasteiger charge is 2.35. The molecule has 1 aromatic heterocycles. The van der Waals surface area contributed by atoms with E-state index in [9.17, 15) is 23.1 Å².